The molecule has 0 spiro atoms. The fraction of sp³-hybridized carbons (Fsp3) is 0.720. The molecule has 0 aliphatic heterocycles. The zero-order valence-corrected chi connectivity index (χ0v) is 21.4. The molecule has 1 N–H and O–H groups in total. The van der Waals surface area contributed by atoms with Gasteiger partial charge in [0.1, 0.15) is 0 Å². The Hall–Kier alpha value is -1.52. The van der Waals surface area contributed by atoms with Gasteiger partial charge >= 0.3 is 5.97 Å². The van der Waals surface area contributed by atoms with Crippen LogP contribution in [-0.4, -0.2) is 53.9 Å². The molecule has 0 bridgehead atoms. The van der Waals surface area contributed by atoms with Crippen LogP contribution in [-0.2, 0) is 4.74 Å². The molecular weight excluding hydrogens is 425 g/mol. The van der Waals surface area contributed by atoms with Gasteiger partial charge in [-0.25, -0.2) is 4.79 Å². The fourth-order valence-corrected chi connectivity index (χ4v) is 9.25. The van der Waals surface area contributed by atoms with Crippen molar-refractivity contribution in [3.63, 3.8) is 0 Å². The molecule has 1 rings (SSSR count). The first-order chi connectivity index (χ1) is 15.3. The van der Waals surface area contributed by atoms with Crippen molar-refractivity contribution in [2.75, 3.05) is 37.9 Å². The number of aliphatic hydroxyl groups is 1. The second-order valence-corrected chi connectivity index (χ2v) is 13.4. The highest BCUT2D eigenvalue weighted by molar-refractivity contribution is 7.75. The summed E-state index contributed by atoms with van der Waals surface area (Å²) in [6, 6.07) is 4.37. The maximum absolute atomic E-state index is 12.5. The third-order valence-corrected chi connectivity index (χ3v) is 11.3. The standard InChI is InChI=1S/C25H43NO5P/c1-5-8-15-32(16-9-6-2,17-10-7-3)18-11-14-31-25(28)22-12-13-23(21(4)20-27)24(19-22)26(29)30/h12-13,19,21,27H,5-11,14-18,20H2,1-4H3/q+1. The van der Waals surface area contributed by atoms with Crippen LogP contribution >= 0.6 is 7.26 Å². The largest absolute Gasteiger partial charge is 0.462 e. The molecule has 182 valence electrons. The van der Waals surface area contributed by atoms with Crippen molar-refractivity contribution in [3.8, 4) is 0 Å². The van der Waals surface area contributed by atoms with Gasteiger partial charge in [0.15, 0.2) is 0 Å². The van der Waals surface area contributed by atoms with Crippen LogP contribution in [0.25, 0.3) is 0 Å². The van der Waals surface area contributed by atoms with Gasteiger partial charge in [0.2, 0.25) is 0 Å². The van der Waals surface area contributed by atoms with Crippen molar-refractivity contribution in [2.45, 2.75) is 78.6 Å². The van der Waals surface area contributed by atoms with Gasteiger partial charge in [0, 0.05) is 37.8 Å². The van der Waals surface area contributed by atoms with Gasteiger partial charge in [-0.15, -0.1) is 0 Å². The minimum atomic E-state index is -1.02. The summed E-state index contributed by atoms with van der Waals surface area (Å²) in [5.41, 5.74) is 0.464. The van der Waals surface area contributed by atoms with Gasteiger partial charge in [0.25, 0.3) is 5.69 Å². The van der Waals surface area contributed by atoms with E-state index in [0.717, 1.165) is 12.6 Å². The second kappa shape index (κ2) is 15.3. The van der Waals surface area contributed by atoms with Crippen LogP contribution in [0.3, 0.4) is 0 Å². The van der Waals surface area contributed by atoms with E-state index in [-0.39, 0.29) is 23.8 Å². The lowest BCUT2D eigenvalue weighted by Crippen LogP contribution is -2.15. The van der Waals surface area contributed by atoms with E-state index in [0.29, 0.717) is 12.2 Å². The van der Waals surface area contributed by atoms with E-state index in [1.165, 1.54) is 63.1 Å². The molecule has 0 radical (unpaired) electrons. The molecular formula is C25H43NO5P+. The van der Waals surface area contributed by atoms with Crippen LogP contribution in [0.5, 0.6) is 0 Å². The van der Waals surface area contributed by atoms with E-state index < -0.39 is 18.2 Å². The third-order valence-electron chi connectivity index (χ3n) is 6.24. The van der Waals surface area contributed by atoms with E-state index in [4.69, 9.17) is 4.74 Å². The Kier molecular flexibility index (Phi) is 13.7. The predicted molar refractivity (Wildman–Crippen MR) is 135 cm³/mol. The van der Waals surface area contributed by atoms with Crippen LogP contribution in [0.15, 0.2) is 18.2 Å². The first-order valence-corrected chi connectivity index (χ1v) is 14.8. The summed E-state index contributed by atoms with van der Waals surface area (Å²) in [6.07, 6.45) is 13.5. The molecule has 0 saturated carbocycles. The highest BCUT2D eigenvalue weighted by Gasteiger charge is 2.34. The number of benzene rings is 1. The van der Waals surface area contributed by atoms with Crippen LogP contribution in [0, 0.1) is 10.1 Å². The minimum absolute atomic E-state index is 0.148. The van der Waals surface area contributed by atoms with Gasteiger partial charge in [-0.3, -0.25) is 10.1 Å². The number of nitrogens with zero attached hydrogens (tertiary/aromatic N) is 1. The van der Waals surface area contributed by atoms with Crippen LogP contribution < -0.4 is 0 Å². The van der Waals surface area contributed by atoms with Crippen molar-refractivity contribution in [1.82, 2.24) is 0 Å². The number of aliphatic hydroxyl groups excluding tert-OH is 1. The van der Waals surface area contributed by atoms with Crippen molar-refractivity contribution >= 4 is 18.9 Å². The SMILES string of the molecule is CCCC[P+](CCCC)(CCCC)CCCOC(=O)c1ccc(C(C)CO)c([N+](=O)[O-])c1. The predicted octanol–water partition coefficient (Wildman–Crippen LogP) is 6.66. The summed E-state index contributed by atoms with van der Waals surface area (Å²) in [4.78, 5) is 23.4. The first kappa shape index (κ1) is 28.5. The smallest absolute Gasteiger partial charge is 0.338 e. The number of hydrogen-bond acceptors (Lipinski definition) is 5. The number of nitro benzene ring substituents is 1. The van der Waals surface area contributed by atoms with Crippen LogP contribution in [0.1, 0.15) is 94.5 Å². The first-order valence-electron chi connectivity index (χ1n) is 12.3. The Morgan fingerprint density at radius 1 is 1.03 bits per heavy atom. The van der Waals surface area contributed by atoms with Gasteiger partial charge < -0.3 is 9.84 Å². The quantitative estimate of drug-likeness (QED) is 0.0908. The molecule has 1 unspecified atom stereocenters. The molecule has 0 aromatic heterocycles. The van der Waals surface area contributed by atoms with Crippen molar-refractivity contribution in [3.05, 3.63) is 39.4 Å². The van der Waals surface area contributed by atoms with E-state index in [1.807, 2.05) is 0 Å². The number of esters is 1. The summed E-state index contributed by atoms with van der Waals surface area (Å²) in [5.74, 6) is -0.886. The maximum Gasteiger partial charge on any atom is 0.338 e. The zero-order valence-electron chi connectivity index (χ0n) is 20.5. The van der Waals surface area contributed by atoms with Gasteiger partial charge in [0.05, 0.1) is 41.7 Å². The monoisotopic (exact) mass is 468 g/mol. The minimum Gasteiger partial charge on any atom is -0.462 e. The summed E-state index contributed by atoms with van der Waals surface area (Å²) < 4.78 is 5.51. The van der Waals surface area contributed by atoms with Crippen molar-refractivity contribution in [1.29, 1.82) is 0 Å². The fourth-order valence-electron chi connectivity index (χ4n) is 4.14. The molecule has 1 aromatic carbocycles. The van der Waals surface area contributed by atoms with Crippen LogP contribution in [0.2, 0.25) is 0 Å². The third kappa shape index (κ3) is 9.15. The van der Waals surface area contributed by atoms with E-state index in [9.17, 15) is 20.0 Å². The number of nitro groups is 1. The molecule has 1 atom stereocenters. The summed E-state index contributed by atoms with van der Waals surface area (Å²) >= 11 is 0. The molecule has 0 heterocycles. The Morgan fingerprint density at radius 2 is 1.56 bits per heavy atom. The highest BCUT2D eigenvalue weighted by atomic mass is 31.2. The zero-order chi connectivity index (χ0) is 24.0. The molecule has 0 aliphatic carbocycles. The van der Waals surface area contributed by atoms with Gasteiger partial charge in [-0.2, -0.15) is 0 Å². The van der Waals surface area contributed by atoms with Gasteiger partial charge in [-0.05, 0) is 25.3 Å². The molecule has 0 amide bonds. The molecule has 7 heteroatoms. The number of hydrogen-bond donors (Lipinski definition) is 1. The van der Waals surface area contributed by atoms with Crippen molar-refractivity contribution < 1.29 is 19.6 Å². The number of carbonyl (C=O) groups is 1. The topological polar surface area (TPSA) is 89.7 Å². The number of rotatable bonds is 17. The Morgan fingerprint density at radius 3 is 2.03 bits per heavy atom. The van der Waals surface area contributed by atoms with Gasteiger partial charge in [-0.1, -0.05) is 53.0 Å². The Balaban J connectivity index is 2.78. The maximum atomic E-state index is 12.5. The second-order valence-electron chi connectivity index (χ2n) is 8.90. The Labute approximate surface area is 194 Å². The number of ether oxygens (including phenoxy) is 1. The lowest BCUT2D eigenvalue weighted by Gasteiger charge is -2.28. The molecule has 0 fully saturated rings. The number of carbonyl (C=O) groups excluding carboxylic acids is 1. The lowest BCUT2D eigenvalue weighted by molar-refractivity contribution is -0.385. The summed E-state index contributed by atoms with van der Waals surface area (Å²) in [5, 5.41) is 20.8. The molecule has 6 nitrogen and oxygen atoms in total. The normalized spacial score (nSPS) is 12.5. The molecule has 0 aliphatic rings. The van der Waals surface area contributed by atoms with E-state index in [1.54, 1.807) is 19.1 Å². The number of unbranched alkanes of at least 4 members (excludes halogenated alkanes) is 3. The summed E-state index contributed by atoms with van der Waals surface area (Å²) in [6.45, 7) is 8.63. The highest BCUT2D eigenvalue weighted by Crippen LogP contribution is 2.61. The summed E-state index contributed by atoms with van der Waals surface area (Å²) in [7, 11) is -1.02. The van der Waals surface area contributed by atoms with Crippen molar-refractivity contribution in [2.24, 2.45) is 0 Å². The molecule has 0 saturated heterocycles. The molecule has 1 aromatic rings. The average molecular weight is 469 g/mol. The Bertz CT molecular complexity index is 688. The van der Waals surface area contributed by atoms with Crippen LogP contribution in [0.4, 0.5) is 5.69 Å². The lowest BCUT2D eigenvalue weighted by atomic mass is 9.98. The van der Waals surface area contributed by atoms with E-state index in [2.05, 4.69) is 20.8 Å². The molecule has 32 heavy (non-hydrogen) atoms. The average Bonchev–Trinajstić information content (AvgIpc) is 2.81. The van der Waals surface area contributed by atoms with E-state index >= 15 is 0 Å².